The number of likely N-dealkylation sites (N-methyl/N-ethyl adjacent to an activating group) is 1. The van der Waals surface area contributed by atoms with E-state index >= 15 is 0 Å². The van der Waals surface area contributed by atoms with Crippen LogP contribution in [0.3, 0.4) is 0 Å². The molecule has 0 N–H and O–H groups in total. The number of rotatable bonds is 5. The molecule has 0 radical (unpaired) electrons. The first kappa shape index (κ1) is 20.4. The fourth-order valence-electron chi connectivity index (χ4n) is 2.50. The number of carbonyl (C=O) groups is 1. The van der Waals surface area contributed by atoms with Gasteiger partial charge in [-0.05, 0) is 66.7 Å². The molecule has 0 unspecified atom stereocenters. The molecule has 1 saturated heterocycles. The van der Waals surface area contributed by atoms with Crippen LogP contribution in [0.15, 0.2) is 62.7 Å². The van der Waals surface area contributed by atoms with E-state index in [1.54, 1.807) is 32.2 Å². The standard InChI is InChI=1S/C19H17ClN2O4S2/c1-3-22-18(23)17(12-13-5-4-6-15(11-13)26-2)27-19(22)21-28(24,25)16-9-7-14(20)8-10-16/h4-12H,3H2,1-2H3/b17-12-,21-19?. The molecule has 28 heavy (non-hydrogen) atoms. The summed E-state index contributed by atoms with van der Waals surface area (Å²) in [5, 5.41) is 0.548. The number of ether oxygens (including phenoxy) is 1. The van der Waals surface area contributed by atoms with Gasteiger partial charge in [0.25, 0.3) is 15.9 Å². The minimum Gasteiger partial charge on any atom is -0.497 e. The molecule has 6 nitrogen and oxygen atoms in total. The maximum Gasteiger partial charge on any atom is 0.284 e. The van der Waals surface area contributed by atoms with E-state index in [1.165, 1.54) is 29.2 Å². The van der Waals surface area contributed by atoms with Crippen molar-refractivity contribution in [2.75, 3.05) is 13.7 Å². The van der Waals surface area contributed by atoms with Crippen LogP contribution in [0.2, 0.25) is 5.02 Å². The zero-order valence-electron chi connectivity index (χ0n) is 15.1. The van der Waals surface area contributed by atoms with Crippen molar-refractivity contribution < 1.29 is 17.9 Å². The van der Waals surface area contributed by atoms with Crippen molar-refractivity contribution in [2.45, 2.75) is 11.8 Å². The van der Waals surface area contributed by atoms with Crippen molar-refractivity contribution >= 4 is 50.5 Å². The molecule has 1 aliphatic heterocycles. The molecule has 146 valence electrons. The maximum atomic E-state index is 12.7. The lowest BCUT2D eigenvalue weighted by atomic mass is 10.2. The smallest absolute Gasteiger partial charge is 0.284 e. The maximum absolute atomic E-state index is 12.7. The Hall–Kier alpha value is -2.29. The minimum atomic E-state index is -3.97. The Bertz CT molecular complexity index is 1060. The summed E-state index contributed by atoms with van der Waals surface area (Å²) in [7, 11) is -2.40. The number of carbonyl (C=O) groups excluding carboxylic acids is 1. The number of amidine groups is 1. The zero-order chi connectivity index (χ0) is 20.3. The molecule has 1 fully saturated rings. The first-order valence-electron chi connectivity index (χ1n) is 8.30. The van der Waals surface area contributed by atoms with Crippen molar-refractivity contribution in [3.8, 4) is 5.75 Å². The third-order valence-electron chi connectivity index (χ3n) is 3.91. The van der Waals surface area contributed by atoms with Gasteiger partial charge in [-0.3, -0.25) is 9.69 Å². The third kappa shape index (κ3) is 4.40. The second-order valence-corrected chi connectivity index (χ2v) is 8.79. The molecule has 0 atom stereocenters. The molecule has 1 amide bonds. The Kier molecular flexibility index (Phi) is 6.12. The van der Waals surface area contributed by atoms with Crippen LogP contribution >= 0.6 is 23.4 Å². The fraction of sp³-hybridized carbons (Fsp3) is 0.158. The second-order valence-electron chi connectivity index (χ2n) is 5.74. The van der Waals surface area contributed by atoms with Gasteiger partial charge in [0.2, 0.25) is 0 Å². The van der Waals surface area contributed by atoms with Gasteiger partial charge >= 0.3 is 0 Å². The van der Waals surface area contributed by atoms with Crippen molar-refractivity contribution in [3.63, 3.8) is 0 Å². The Labute approximate surface area is 172 Å². The number of hydrogen-bond donors (Lipinski definition) is 0. The number of halogens is 1. The van der Waals surface area contributed by atoms with Gasteiger partial charge in [0.05, 0.1) is 16.9 Å². The van der Waals surface area contributed by atoms with Gasteiger partial charge in [-0.25, -0.2) is 0 Å². The van der Waals surface area contributed by atoms with Gasteiger partial charge in [0.15, 0.2) is 5.17 Å². The fourth-order valence-corrected chi connectivity index (χ4v) is 4.87. The van der Waals surface area contributed by atoms with Crippen LogP contribution in [0, 0.1) is 0 Å². The number of methoxy groups -OCH3 is 1. The van der Waals surface area contributed by atoms with Gasteiger partial charge in [-0.15, -0.1) is 4.40 Å². The summed E-state index contributed by atoms with van der Waals surface area (Å²) in [5.74, 6) is 0.372. The van der Waals surface area contributed by atoms with Gasteiger partial charge in [-0.1, -0.05) is 23.7 Å². The summed E-state index contributed by atoms with van der Waals surface area (Å²) in [4.78, 5) is 14.4. The summed E-state index contributed by atoms with van der Waals surface area (Å²) in [6, 6.07) is 13.0. The summed E-state index contributed by atoms with van der Waals surface area (Å²) in [6.07, 6.45) is 1.69. The Morgan fingerprint density at radius 3 is 2.57 bits per heavy atom. The average Bonchev–Trinajstić information content (AvgIpc) is 2.95. The van der Waals surface area contributed by atoms with Crippen LogP contribution in [-0.2, 0) is 14.8 Å². The topological polar surface area (TPSA) is 76.0 Å². The van der Waals surface area contributed by atoms with Crippen molar-refractivity contribution in [1.29, 1.82) is 0 Å². The number of amides is 1. The van der Waals surface area contributed by atoms with Crippen LogP contribution in [0.5, 0.6) is 5.75 Å². The molecule has 9 heteroatoms. The Morgan fingerprint density at radius 2 is 1.93 bits per heavy atom. The number of sulfonamides is 1. The van der Waals surface area contributed by atoms with Gasteiger partial charge in [0, 0.05) is 11.6 Å². The normalized spacial score (nSPS) is 17.5. The molecule has 0 saturated carbocycles. The highest BCUT2D eigenvalue weighted by atomic mass is 35.5. The Morgan fingerprint density at radius 1 is 1.21 bits per heavy atom. The van der Waals surface area contributed by atoms with Crippen molar-refractivity contribution in [1.82, 2.24) is 4.90 Å². The lowest BCUT2D eigenvalue weighted by Crippen LogP contribution is -2.29. The minimum absolute atomic E-state index is 0.0127. The predicted molar refractivity (Wildman–Crippen MR) is 112 cm³/mol. The lowest BCUT2D eigenvalue weighted by molar-refractivity contribution is -0.122. The molecule has 0 aromatic heterocycles. The molecule has 0 bridgehead atoms. The monoisotopic (exact) mass is 436 g/mol. The van der Waals surface area contributed by atoms with E-state index < -0.39 is 10.0 Å². The van der Waals surface area contributed by atoms with E-state index in [-0.39, 0.29) is 16.0 Å². The largest absolute Gasteiger partial charge is 0.497 e. The molecule has 2 aromatic carbocycles. The second kappa shape index (κ2) is 8.38. The highest BCUT2D eigenvalue weighted by molar-refractivity contribution is 8.19. The molecular weight excluding hydrogens is 420 g/mol. The van der Waals surface area contributed by atoms with Crippen LogP contribution in [0.25, 0.3) is 6.08 Å². The van der Waals surface area contributed by atoms with Crippen LogP contribution < -0.4 is 4.74 Å². The molecule has 2 aromatic rings. The molecule has 3 rings (SSSR count). The molecule has 1 heterocycles. The van der Waals surface area contributed by atoms with Crippen molar-refractivity contribution in [3.05, 3.63) is 64.0 Å². The SMILES string of the molecule is CCN1C(=O)/C(=C/c2cccc(OC)c2)SC1=NS(=O)(=O)c1ccc(Cl)cc1. The first-order valence-corrected chi connectivity index (χ1v) is 10.9. The summed E-state index contributed by atoms with van der Waals surface area (Å²) in [6.45, 7) is 2.06. The number of thioether (sulfide) groups is 1. The van der Waals surface area contributed by atoms with Gasteiger partial charge < -0.3 is 4.74 Å². The number of nitrogens with zero attached hydrogens (tertiary/aromatic N) is 2. The third-order valence-corrected chi connectivity index (χ3v) is 6.56. The predicted octanol–water partition coefficient (Wildman–Crippen LogP) is 4.03. The summed E-state index contributed by atoms with van der Waals surface area (Å²) in [5.41, 5.74) is 0.771. The lowest BCUT2D eigenvalue weighted by Gasteiger charge is -2.11. The molecular formula is C19H17ClN2O4S2. The number of benzene rings is 2. The number of hydrogen-bond acceptors (Lipinski definition) is 5. The van der Waals surface area contributed by atoms with E-state index in [0.717, 1.165) is 17.3 Å². The first-order chi connectivity index (χ1) is 13.3. The van der Waals surface area contributed by atoms with Crippen molar-refractivity contribution in [2.24, 2.45) is 4.40 Å². The quantitative estimate of drug-likeness (QED) is 0.661. The highest BCUT2D eigenvalue weighted by Gasteiger charge is 2.34. The van der Waals surface area contributed by atoms with E-state index in [1.807, 2.05) is 12.1 Å². The summed E-state index contributed by atoms with van der Waals surface area (Å²) < 4.78 is 34.3. The molecule has 0 spiro atoms. The van der Waals surface area contributed by atoms with Gasteiger partial charge in [0.1, 0.15) is 5.75 Å². The van der Waals surface area contributed by atoms with Gasteiger partial charge in [-0.2, -0.15) is 8.42 Å². The van der Waals surface area contributed by atoms with Crippen LogP contribution in [0.4, 0.5) is 0 Å². The Balaban J connectivity index is 1.96. The van der Waals surface area contributed by atoms with Crippen LogP contribution in [-0.4, -0.2) is 38.0 Å². The van der Waals surface area contributed by atoms with E-state index in [4.69, 9.17) is 16.3 Å². The van der Waals surface area contributed by atoms with Crippen LogP contribution in [0.1, 0.15) is 12.5 Å². The molecule has 0 aliphatic carbocycles. The van der Waals surface area contributed by atoms with E-state index in [0.29, 0.717) is 22.2 Å². The summed E-state index contributed by atoms with van der Waals surface area (Å²) >= 11 is 6.84. The molecule has 1 aliphatic rings. The average molecular weight is 437 g/mol. The van der Waals surface area contributed by atoms with E-state index in [9.17, 15) is 13.2 Å². The highest BCUT2D eigenvalue weighted by Crippen LogP contribution is 2.34. The zero-order valence-corrected chi connectivity index (χ0v) is 17.5. The van der Waals surface area contributed by atoms with E-state index in [2.05, 4.69) is 4.40 Å².